The fourth-order valence-electron chi connectivity index (χ4n) is 4.30. The van der Waals surface area contributed by atoms with Gasteiger partial charge in [0.2, 0.25) is 23.6 Å². The standard InChI is InChI=1S/C26H29N9O8/c1-2-42-23-15-18(3-5-22(23)43-21-6-4-19(34(36)37)16-20(21)35(38)39)17-27-31-24-28-25(32-7-11-40-12-8-32)30-26(29-24)33-9-13-41-14-10-33/h3-6,15-17H,2,7-14H2,1H3,(H,28,29,30,31)/b27-17+. The molecule has 226 valence electrons. The van der Waals surface area contributed by atoms with Crippen molar-refractivity contribution in [3.63, 3.8) is 0 Å². The second-order valence-electron chi connectivity index (χ2n) is 9.24. The Balaban J connectivity index is 1.35. The van der Waals surface area contributed by atoms with Crippen molar-refractivity contribution in [1.82, 2.24) is 15.0 Å². The summed E-state index contributed by atoms with van der Waals surface area (Å²) in [6.07, 6.45) is 1.53. The van der Waals surface area contributed by atoms with Crippen molar-refractivity contribution in [2.45, 2.75) is 6.92 Å². The van der Waals surface area contributed by atoms with E-state index >= 15 is 0 Å². The second kappa shape index (κ2) is 13.7. The summed E-state index contributed by atoms with van der Waals surface area (Å²) in [4.78, 5) is 39.0. The number of nitro benzene ring substituents is 2. The minimum atomic E-state index is -0.745. The predicted molar refractivity (Wildman–Crippen MR) is 155 cm³/mol. The van der Waals surface area contributed by atoms with E-state index in [9.17, 15) is 20.2 Å². The van der Waals surface area contributed by atoms with Gasteiger partial charge in [0.05, 0.1) is 55.2 Å². The highest BCUT2D eigenvalue weighted by Gasteiger charge is 2.23. The average molecular weight is 596 g/mol. The summed E-state index contributed by atoms with van der Waals surface area (Å²) in [5, 5.41) is 26.9. The van der Waals surface area contributed by atoms with Crippen LogP contribution in [-0.2, 0) is 9.47 Å². The van der Waals surface area contributed by atoms with Gasteiger partial charge in [0.15, 0.2) is 11.5 Å². The molecule has 0 saturated carbocycles. The largest absolute Gasteiger partial charge is 0.490 e. The Morgan fingerprint density at radius 1 is 0.884 bits per heavy atom. The van der Waals surface area contributed by atoms with Crippen LogP contribution in [0.1, 0.15) is 12.5 Å². The number of non-ortho nitro benzene ring substituents is 1. The number of nitro groups is 2. The first-order valence-electron chi connectivity index (χ1n) is 13.5. The van der Waals surface area contributed by atoms with Crippen LogP contribution in [0.15, 0.2) is 41.5 Å². The van der Waals surface area contributed by atoms with Crippen LogP contribution < -0.4 is 24.7 Å². The maximum atomic E-state index is 11.5. The lowest BCUT2D eigenvalue weighted by atomic mass is 10.2. The number of aromatic nitrogens is 3. The zero-order chi connectivity index (χ0) is 30.2. The van der Waals surface area contributed by atoms with Gasteiger partial charge in [0.25, 0.3) is 5.69 Å². The van der Waals surface area contributed by atoms with Gasteiger partial charge in [-0.05, 0) is 36.8 Å². The summed E-state index contributed by atoms with van der Waals surface area (Å²) in [7, 11) is 0. The van der Waals surface area contributed by atoms with Crippen molar-refractivity contribution in [2.24, 2.45) is 5.10 Å². The molecule has 2 aliphatic rings. The Bertz CT molecular complexity index is 1460. The van der Waals surface area contributed by atoms with Crippen LogP contribution in [0.25, 0.3) is 0 Å². The number of hydrazone groups is 1. The monoisotopic (exact) mass is 595 g/mol. The van der Waals surface area contributed by atoms with Gasteiger partial charge < -0.3 is 28.7 Å². The molecule has 0 bridgehead atoms. The molecule has 1 aromatic heterocycles. The molecule has 0 atom stereocenters. The van der Waals surface area contributed by atoms with E-state index in [1.807, 2.05) is 9.80 Å². The van der Waals surface area contributed by atoms with E-state index in [1.54, 1.807) is 25.1 Å². The Labute approximate surface area is 245 Å². The molecule has 1 N–H and O–H groups in total. The molecule has 5 rings (SSSR count). The highest BCUT2D eigenvalue weighted by molar-refractivity contribution is 5.81. The molecule has 0 amide bonds. The third-order valence-electron chi connectivity index (χ3n) is 6.42. The lowest BCUT2D eigenvalue weighted by Crippen LogP contribution is -2.40. The smallest absolute Gasteiger partial charge is 0.318 e. The molecule has 2 fully saturated rings. The van der Waals surface area contributed by atoms with E-state index in [4.69, 9.17) is 18.9 Å². The van der Waals surface area contributed by atoms with Crippen LogP contribution in [0.5, 0.6) is 17.2 Å². The zero-order valence-electron chi connectivity index (χ0n) is 23.2. The Kier molecular flexibility index (Phi) is 9.33. The maximum absolute atomic E-state index is 11.5. The topological polar surface area (TPSA) is 193 Å². The number of ether oxygens (including phenoxy) is 4. The third kappa shape index (κ3) is 7.38. The fourth-order valence-corrected chi connectivity index (χ4v) is 4.30. The highest BCUT2D eigenvalue weighted by atomic mass is 16.6. The van der Waals surface area contributed by atoms with E-state index in [0.29, 0.717) is 75.8 Å². The van der Waals surface area contributed by atoms with Crippen molar-refractivity contribution in [2.75, 3.05) is 74.4 Å². The summed E-state index contributed by atoms with van der Waals surface area (Å²) in [5.41, 5.74) is 2.54. The van der Waals surface area contributed by atoms with Crippen molar-refractivity contribution in [3.05, 3.63) is 62.2 Å². The van der Waals surface area contributed by atoms with Crippen molar-refractivity contribution < 1.29 is 28.8 Å². The molecule has 2 aromatic carbocycles. The normalized spacial score (nSPS) is 15.4. The van der Waals surface area contributed by atoms with E-state index in [-0.39, 0.29) is 24.1 Å². The number of anilines is 3. The molecule has 0 spiro atoms. The summed E-state index contributed by atoms with van der Waals surface area (Å²) >= 11 is 0. The van der Waals surface area contributed by atoms with Gasteiger partial charge in [-0.25, -0.2) is 5.43 Å². The van der Waals surface area contributed by atoms with Gasteiger partial charge in [-0.15, -0.1) is 0 Å². The number of hydrogen-bond acceptors (Lipinski definition) is 15. The maximum Gasteiger partial charge on any atom is 0.318 e. The van der Waals surface area contributed by atoms with Gasteiger partial charge >= 0.3 is 5.69 Å². The molecule has 3 heterocycles. The first-order chi connectivity index (χ1) is 20.9. The predicted octanol–water partition coefficient (Wildman–Crippen LogP) is 3.00. The summed E-state index contributed by atoms with van der Waals surface area (Å²) in [6.45, 7) is 7.03. The summed E-state index contributed by atoms with van der Waals surface area (Å²) in [5.74, 6) is 1.64. The van der Waals surface area contributed by atoms with E-state index < -0.39 is 21.2 Å². The summed E-state index contributed by atoms with van der Waals surface area (Å²) in [6, 6.07) is 8.03. The van der Waals surface area contributed by atoms with Crippen molar-refractivity contribution in [1.29, 1.82) is 0 Å². The molecule has 43 heavy (non-hydrogen) atoms. The second-order valence-corrected chi connectivity index (χ2v) is 9.24. The average Bonchev–Trinajstić information content (AvgIpc) is 3.03. The molecule has 0 radical (unpaired) electrons. The summed E-state index contributed by atoms with van der Waals surface area (Å²) < 4.78 is 22.4. The Morgan fingerprint density at radius 2 is 1.51 bits per heavy atom. The van der Waals surface area contributed by atoms with Crippen molar-refractivity contribution >= 4 is 35.4 Å². The van der Waals surface area contributed by atoms with E-state index in [1.165, 1.54) is 12.3 Å². The quantitative estimate of drug-likeness (QED) is 0.193. The van der Waals surface area contributed by atoms with Crippen LogP contribution >= 0.6 is 0 Å². The SMILES string of the molecule is CCOc1cc(/C=N/Nc2nc(N3CCOCC3)nc(N3CCOCC3)n2)ccc1Oc1ccc([N+](=O)[O-])cc1[N+](=O)[O-]. The zero-order valence-corrected chi connectivity index (χ0v) is 23.2. The number of rotatable bonds is 11. The molecule has 2 aliphatic heterocycles. The number of hydrogen-bond donors (Lipinski definition) is 1. The minimum Gasteiger partial charge on any atom is -0.490 e. The van der Waals surface area contributed by atoms with Gasteiger partial charge in [-0.2, -0.15) is 20.1 Å². The molecule has 2 saturated heterocycles. The van der Waals surface area contributed by atoms with Gasteiger partial charge in [0.1, 0.15) is 0 Å². The van der Waals surface area contributed by atoms with Crippen LogP contribution in [-0.4, -0.2) is 90.2 Å². The van der Waals surface area contributed by atoms with Crippen molar-refractivity contribution in [3.8, 4) is 17.2 Å². The van der Waals surface area contributed by atoms with Gasteiger partial charge in [-0.1, -0.05) is 0 Å². The first kappa shape index (κ1) is 29.3. The van der Waals surface area contributed by atoms with Crippen LogP contribution in [0.3, 0.4) is 0 Å². The third-order valence-corrected chi connectivity index (χ3v) is 6.42. The molecular formula is C26H29N9O8. The van der Waals surface area contributed by atoms with E-state index in [0.717, 1.165) is 12.1 Å². The lowest BCUT2D eigenvalue weighted by molar-refractivity contribution is -0.394. The fraction of sp³-hybridized carbons (Fsp3) is 0.385. The van der Waals surface area contributed by atoms with Crippen LogP contribution in [0.2, 0.25) is 0 Å². The minimum absolute atomic E-state index is 0.165. The highest BCUT2D eigenvalue weighted by Crippen LogP contribution is 2.38. The molecule has 0 unspecified atom stereocenters. The van der Waals surface area contributed by atoms with Gasteiger partial charge in [-0.3, -0.25) is 20.2 Å². The first-order valence-corrected chi connectivity index (χ1v) is 13.5. The van der Waals surface area contributed by atoms with E-state index in [2.05, 4.69) is 25.5 Å². The molecular weight excluding hydrogens is 566 g/mol. The number of nitrogens with one attached hydrogen (secondary N) is 1. The number of morpholine rings is 2. The molecule has 17 heteroatoms. The van der Waals surface area contributed by atoms with Crippen LogP contribution in [0, 0.1) is 20.2 Å². The number of nitrogens with zero attached hydrogens (tertiary/aromatic N) is 8. The molecule has 3 aromatic rings. The molecule has 17 nitrogen and oxygen atoms in total. The lowest BCUT2D eigenvalue weighted by Gasteiger charge is -2.30. The molecule has 0 aliphatic carbocycles. The number of benzene rings is 2. The van der Waals surface area contributed by atoms with Gasteiger partial charge in [0, 0.05) is 32.2 Å². The Morgan fingerprint density at radius 3 is 2.09 bits per heavy atom. The Hall–Kier alpha value is -5.16. The van der Waals surface area contributed by atoms with Crippen LogP contribution in [0.4, 0.5) is 29.2 Å².